The number of carbonyl (C=O) groups excluding carboxylic acids is 1. The molecule has 0 aliphatic heterocycles. The third-order valence-electron chi connectivity index (χ3n) is 4.72. The number of rotatable bonds is 4. The second-order valence-corrected chi connectivity index (χ2v) is 6.41. The van der Waals surface area contributed by atoms with Gasteiger partial charge < -0.3 is 10.4 Å². The van der Waals surface area contributed by atoms with Crippen LogP contribution in [0.2, 0.25) is 0 Å². The van der Waals surface area contributed by atoms with Gasteiger partial charge in [-0.05, 0) is 24.5 Å². The molecule has 4 heteroatoms. The first-order chi connectivity index (χ1) is 12.2. The topological polar surface area (TPSA) is 62.2 Å². The zero-order valence-electron chi connectivity index (χ0n) is 13.9. The van der Waals surface area contributed by atoms with Crippen molar-refractivity contribution in [2.24, 2.45) is 0 Å². The van der Waals surface area contributed by atoms with Gasteiger partial charge in [0, 0.05) is 18.4 Å². The van der Waals surface area contributed by atoms with E-state index in [0.29, 0.717) is 18.5 Å². The molecule has 25 heavy (non-hydrogen) atoms. The Morgan fingerprint density at radius 3 is 2.64 bits per heavy atom. The van der Waals surface area contributed by atoms with E-state index in [9.17, 15) is 9.90 Å². The lowest BCUT2D eigenvalue weighted by atomic mass is 9.91. The molecule has 1 aromatic heterocycles. The van der Waals surface area contributed by atoms with Crippen molar-refractivity contribution in [1.82, 2.24) is 4.98 Å². The number of pyridine rings is 1. The first-order valence-electron chi connectivity index (χ1n) is 8.66. The van der Waals surface area contributed by atoms with Gasteiger partial charge in [0.15, 0.2) is 5.78 Å². The van der Waals surface area contributed by atoms with Crippen molar-refractivity contribution in [3.05, 3.63) is 71.4 Å². The zero-order valence-corrected chi connectivity index (χ0v) is 13.9. The lowest BCUT2D eigenvalue weighted by Crippen LogP contribution is -2.19. The molecule has 0 spiro atoms. The first kappa shape index (κ1) is 15.8. The fourth-order valence-electron chi connectivity index (χ4n) is 3.46. The number of aliphatic hydroxyl groups is 1. The van der Waals surface area contributed by atoms with Crippen LogP contribution in [0, 0.1) is 0 Å². The molecule has 0 radical (unpaired) electrons. The van der Waals surface area contributed by atoms with E-state index < -0.39 is 6.10 Å². The molecule has 0 amide bonds. The standard InChI is InChI=1S/C21H20N2O2/c24-18-12-6-11-17-20(18)21(15-9-4-5-10-16(15)23-17)22-13-19(25)14-7-2-1-3-8-14/h1-5,7-10,19,25H,6,11-13H2,(H,22,23). The van der Waals surface area contributed by atoms with Gasteiger partial charge in [-0.2, -0.15) is 0 Å². The van der Waals surface area contributed by atoms with E-state index in [2.05, 4.69) is 10.3 Å². The maximum absolute atomic E-state index is 12.5. The van der Waals surface area contributed by atoms with E-state index in [1.807, 2.05) is 54.6 Å². The number of carbonyl (C=O) groups is 1. The van der Waals surface area contributed by atoms with Crippen LogP contribution in [-0.2, 0) is 6.42 Å². The van der Waals surface area contributed by atoms with Gasteiger partial charge in [-0.3, -0.25) is 9.78 Å². The maximum atomic E-state index is 12.5. The molecule has 1 aliphatic carbocycles. The van der Waals surface area contributed by atoms with Crippen LogP contribution in [0.3, 0.4) is 0 Å². The Morgan fingerprint density at radius 1 is 1.04 bits per heavy atom. The summed E-state index contributed by atoms with van der Waals surface area (Å²) in [7, 11) is 0. The second kappa shape index (κ2) is 6.65. The molecule has 1 heterocycles. The summed E-state index contributed by atoms with van der Waals surface area (Å²) < 4.78 is 0. The Morgan fingerprint density at radius 2 is 1.80 bits per heavy atom. The number of aryl methyl sites for hydroxylation is 1. The normalized spacial score (nSPS) is 15.0. The number of Topliss-reactive ketones (excluding diaryl/α,β-unsaturated/α-hetero) is 1. The number of benzene rings is 2. The molecule has 4 nitrogen and oxygen atoms in total. The number of para-hydroxylation sites is 1. The lowest BCUT2D eigenvalue weighted by Gasteiger charge is -2.22. The lowest BCUT2D eigenvalue weighted by molar-refractivity contribution is 0.0972. The molecular formula is C21H20N2O2. The van der Waals surface area contributed by atoms with Crippen molar-refractivity contribution < 1.29 is 9.90 Å². The SMILES string of the molecule is O=C1CCCc2nc3ccccc3c(NCC(O)c3ccccc3)c21. The van der Waals surface area contributed by atoms with E-state index in [1.54, 1.807) is 0 Å². The van der Waals surface area contributed by atoms with E-state index in [0.717, 1.165) is 40.7 Å². The molecular weight excluding hydrogens is 312 g/mol. The highest BCUT2D eigenvalue weighted by molar-refractivity contribution is 6.09. The predicted octanol–water partition coefficient (Wildman–Crippen LogP) is 3.90. The fraction of sp³-hybridized carbons (Fsp3) is 0.238. The van der Waals surface area contributed by atoms with E-state index in [1.165, 1.54) is 0 Å². The molecule has 4 rings (SSSR count). The molecule has 2 aromatic carbocycles. The largest absolute Gasteiger partial charge is 0.387 e. The Labute approximate surface area is 146 Å². The fourth-order valence-corrected chi connectivity index (χ4v) is 3.46. The molecule has 3 aromatic rings. The predicted molar refractivity (Wildman–Crippen MR) is 98.9 cm³/mol. The van der Waals surface area contributed by atoms with Gasteiger partial charge in [0.2, 0.25) is 0 Å². The number of aromatic nitrogens is 1. The number of fused-ring (bicyclic) bond motifs is 2. The number of anilines is 1. The van der Waals surface area contributed by atoms with E-state index >= 15 is 0 Å². The number of aliphatic hydroxyl groups excluding tert-OH is 1. The van der Waals surface area contributed by atoms with Crippen LogP contribution in [-0.4, -0.2) is 22.4 Å². The van der Waals surface area contributed by atoms with Gasteiger partial charge in [0.1, 0.15) is 0 Å². The van der Waals surface area contributed by atoms with Gasteiger partial charge in [0.05, 0.1) is 28.6 Å². The van der Waals surface area contributed by atoms with Crippen molar-refractivity contribution >= 4 is 22.4 Å². The summed E-state index contributed by atoms with van der Waals surface area (Å²) in [5.41, 5.74) is 4.11. The minimum Gasteiger partial charge on any atom is -0.387 e. The zero-order chi connectivity index (χ0) is 17.2. The summed E-state index contributed by atoms with van der Waals surface area (Å²) >= 11 is 0. The van der Waals surface area contributed by atoms with Gasteiger partial charge in [-0.15, -0.1) is 0 Å². The average Bonchev–Trinajstić information content (AvgIpc) is 2.66. The van der Waals surface area contributed by atoms with Gasteiger partial charge in [-0.1, -0.05) is 48.5 Å². The molecule has 1 atom stereocenters. The van der Waals surface area contributed by atoms with Crippen LogP contribution in [0.25, 0.3) is 10.9 Å². The van der Waals surface area contributed by atoms with Crippen molar-refractivity contribution in [3.8, 4) is 0 Å². The van der Waals surface area contributed by atoms with Crippen molar-refractivity contribution in [3.63, 3.8) is 0 Å². The molecule has 1 aliphatic rings. The average molecular weight is 332 g/mol. The van der Waals surface area contributed by atoms with Crippen molar-refractivity contribution in [2.75, 3.05) is 11.9 Å². The van der Waals surface area contributed by atoms with Gasteiger partial charge in [0.25, 0.3) is 0 Å². The molecule has 0 saturated heterocycles. The first-order valence-corrected chi connectivity index (χ1v) is 8.66. The molecule has 2 N–H and O–H groups in total. The summed E-state index contributed by atoms with van der Waals surface area (Å²) in [6.07, 6.45) is 1.59. The summed E-state index contributed by atoms with van der Waals surface area (Å²) in [4.78, 5) is 17.2. The smallest absolute Gasteiger partial charge is 0.166 e. The number of nitrogens with zero attached hydrogens (tertiary/aromatic N) is 1. The molecule has 0 bridgehead atoms. The number of hydrogen-bond donors (Lipinski definition) is 2. The Hall–Kier alpha value is -2.72. The van der Waals surface area contributed by atoms with Crippen LogP contribution >= 0.6 is 0 Å². The van der Waals surface area contributed by atoms with Crippen LogP contribution in [0.15, 0.2) is 54.6 Å². The summed E-state index contributed by atoms with van der Waals surface area (Å²) in [5.74, 6) is 0.135. The van der Waals surface area contributed by atoms with Crippen LogP contribution in [0.4, 0.5) is 5.69 Å². The molecule has 1 unspecified atom stereocenters. The van der Waals surface area contributed by atoms with E-state index in [4.69, 9.17) is 0 Å². The molecule has 0 saturated carbocycles. The number of ketones is 1. The van der Waals surface area contributed by atoms with Crippen LogP contribution in [0.1, 0.15) is 40.6 Å². The Balaban J connectivity index is 1.73. The van der Waals surface area contributed by atoms with Gasteiger partial charge in [-0.25, -0.2) is 0 Å². The quantitative estimate of drug-likeness (QED) is 0.761. The highest BCUT2D eigenvalue weighted by atomic mass is 16.3. The number of nitrogens with one attached hydrogen (secondary N) is 1. The van der Waals surface area contributed by atoms with Crippen LogP contribution in [0.5, 0.6) is 0 Å². The minimum atomic E-state index is -0.637. The maximum Gasteiger partial charge on any atom is 0.166 e. The number of hydrogen-bond acceptors (Lipinski definition) is 4. The Bertz CT molecular complexity index is 922. The Kier molecular flexibility index (Phi) is 4.20. The highest BCUT2D eigenvalue weighted by Crippen LogP contribution is 2.33. The van der Waals surface area contributed by atoms with Crippen molar-refractivity contribution in [1.29, 1.82) is 0 Å². The highest BCUT2D eigenvalue weighted by Gasteiger charge is 2.24. The summed E-state index contributed by atoms with van der Waals surface area (Å²) in [5, 5.41) is 14.7. The third-order valence-corrected chi connectivity index (χ3v) is 4.72. The third kappa shape index (κ3) is 3.01. The van der Waals surface area contributed by atoms with E-state index in [-0.39, 0.29) is 5.78 Å². The molecule has 0 fully saturated rings. The second-order valence-electron chi connectivity index (χ2n) is 6.41. The van der Waals surface area contributed by atoms with Gasteiger partial charge >= 0.3 is 0 Å². The van der Waals surface area contributed by atoms with Crippen LogP contribution < -0.4 is 5.32 Å². The molecule has 126 valence electrons. The monoisotopic (exact) mass is 332 g/mol. The van der Waals surface area contributed by atoms with Crippen molar-refractivity contribution in [2.45, 2.75) is 25.4 Å². The minimum absolute atomic E-state index is 0.135. The summed E-state index contributed by atoms with van der Waals surface area (Å²) in [6.45, 7) is 0.345. The summed E-state index contributed by atoms with van der Waals surface area (Å²) in [6, 6.07) is 17.4.